The Labute approximate surface area is 170 Å². The van der Waals surface area contributed by atoms with Gasteiger partial charge in [-0.05, 0) is 38.0 Å². The minimum Gasteiger partial charge on any atom is -0.469 e. The molecule has 1 aliphatic rings. The highest BCUT2D eigenvalue weighted by molar-refractivity contribution is 9.10. The maximum atomic E-state index is 13.2. The first-order valence-electron chi connectivity index (χ1n) is 8.81. The Bertz CT molecular complexity index is 929. The Kier molecular flexibility index (Phi) is 5.43. The van der Waals surface area contributed by atoms with Gasteiger partial charge in [-0.2, -0.15) is 0 Å². The molecule has 1 saturated heterocycles. The quantitative estimate of drug-likeness (QED) is 0.533. The summed E-state index contributed by atoms with van der Waals surface area (Å²) in [6, 6.07) is 9.70. The highest BCUT2D eigenvalue weighted by atomic mass is 79.9. The molecule has 3 heterocycles. The van der Waals surface area contributed by atoms with Crippen LogP contribution in [0.25, 0.3) is 11.3 Å². The molecule has 0 N–H and O–H groups in total. The summed E-state index contributed by atoms with van der Waals surface area (Å²) in [5.74, 6) is 0.510. The van der Waals surface area contributed by atoms with Gasteiger partial charge in [0.1, 0.15) is 5.76 Å². The molecule has 1 unspecified atom stereocenters. The van der Waals surface area contributed by atoms with Crippen molar-refractivity contribution >= 4 is 38.3 Å². The van der Waals surface area contributed by atoms with Crippen molar-refractivity contribution in [2.24, 2.45) is 0 Å². The fraction of sp³-hybridized carbons (Fsp3) is 0.300. The second kappa shape index (κ2) is 7.96. The van der Waals surface area contributed by atoms with Gasteiger partial charge in [-0.1, -0.05) is 28.1 Å². The van der Waals surface area contributed by atoms with Crippen molar-refractivity contribution in [2.45, 2.75) is 25.9 Å². The van der Waals surface area contributed by atoms with E-state index >= 15 is 0 Å². The Morgan fingerprint density at radius 2 is 2.15 bits per heavy atom. The summed E-state index contributed by atoms with van der Waals surface area (Å²) < 4.78 is 12.1. The van der Waals surface area contributed by atoms with Crippen LogP contribution >= 0.6 is 27.3 Å². The van der Waals surface area contributed by atoms with Crippen molar-refractivity contribution in [3.8, 4) is 11.3 Å². The third-order valence-electron chi connectivity index (χ3n) is 4.61. The van der Waals surface area contributed by atoms with Gasteiger partial charge in [0.2, 0.25) is 0 Å². The van der Waals surface area contributed by atoms with Gasteiger partial charge < -0.3 is 9.15 Å². The van der Waals surface area contributed by atoms with Crippen molar-refractivity contribution in [3.63, 3.8) is 0 Å². The smallest absolute Gasteiger partial charge is 0.263 e. The van der Waals surface area contributed by atoms with Gasteiger partial charge >= 0.3 is 0 Å². The second-order valence-corrected chi connectivity index (χ2v) is 8.22. The van der Waals surface area contributed by atoms with E-state index in [-0.39, 0.29) is 12.0 Å². The number of carbonyl (C=O) groups is 1. The van der Waals surface area contributed by atoms with Gasteiger partial charge in [0.15, 0.2) is 5.13 Å². The fourth-order valence-corrected chi connectivity index (χ4v) is 4.24. The molecule has 7 heteroatoms. The normalized spacial score (nSPS) is 16.6. The lowest BCUT2D eigenvalue weighted by Crippen LogP contribution is -2.37. The van der Waals surface area contributed by atoms with Crippen LogP contribution in [0.5, 0.6) is 0 Å². The number of hydrogen-bond acceptors (Lipinski definition) is 5. The van der Waals surface area contributed by atoms with Gasteiger partial charge in [-0.15, -0.1) is 11.3 Å². The number of rotatable bonds is 5. The Morgan fingerprint density at radius 1 is 1.33 bits per heavy atom. The van der Waals surface area contributed by atoms with E-state index < -0.39 is 0 Å². The largest absolute Gasteiger partial charge is 0.469 e. The molecule has 0 bridgehead atoms. The lowest BCUT2D eigenvalue weighted by Gasteiger charge is -2.22. The lowest BCUT2D eigenvalue weighted by molar-refractivity contribution is 0.0916. The van der Waals surface area contributed by atoms with Crippen molar-refractivity contribution < 1.29 is 13.9 Å². The SMILES string of the molecule is Cc1occc1C(=O)N(CC1CCCO1)c1nc(-c2ccc(Br)cc2)cs1. The predicted octanol–water partition coefficient (Wildman–Crippen LogP) is 5.30. The van der Waals surface area contributed by atoms with Gasteiger partial charge in [-0.25, -0.2) is 4.98 Å². The number of nitrogens with zero attached hydrogens (tertiary/aromatic N) is 2. The van der Waals surface area contributed by atoms with E-state index in [1.807, 2.05) is 29.6 Å². The number of furan rings is 1. The van der Waals surface area contributed by atoms with E-state index in [2.05, 4.69) is 15.9 Å². The summed E-state index contributed by atoms with van der Waals surface area (Å²) in [4.78, 5) is 19.6. The first-order chi connectivity index (χ1) is 13.1. The van der Waals surface area contributed by atoms with E-state index in [1.165, 1.54) is 11.3 Å². The molecule has 140 valence electrons. The highest BCUT2D eigenvalue weighted by Crippen LogP contribution is 2.30. The van der Waals surface area contributed by atoms with E-state index in [0.717, 1.165) is 35.2 Å². The molecular formula is C20H19BrN2O3S. The average molecular weight is 447 g/mol. The van der Waals surface area contributed by atoms with Gasteiger partial charge in [-0.3, -0.25) is 9.69 Å². The summed E-state index contributed by atoms with van der Waals surface area (Å²) >= 11 is 4.92. The number of thiazole rings is 1. The maximum absolute atomic E-state index is 13.2. The number of aromatic nitrogens is 1. The zero-order valence-corrected chi connectivity index (χ0v) is 17.3. The molecular weight excluding hydrogens is 428 g/mol. The summed E-state index contributed by atoms with van der Waals surface area (Å²) in [7, 11) is 0. The number of anilines is 1. The number of hydrogen-bond donors (Lipinski definition) is 0. The predicted molar refractivity (Wildman–Crippen MR) is 109 cm³/mol. The number of ether oxygens (including phenoxy) is 1. The van der Waals surface area contributed by atoms with Crippen LogP contribution in [-0.2, 0) is 4.74 Å². The highest BCUT2D eigenvalue weighted by Gasteiger charge is 2.28. The lowest BCUT2D eigenvalue weighted by atomic mass is 10.2. The summed E-state index contributed by atoms with van der Waals surface area (Å²) in [6.45, 7) is 3.04. The molecule has 1 atom stereocenters. The summed E-state index contributed by atoms with van der Waals surface area (Å²) in [5.41, 5.74) is 2.44. The zero-order chi connectivity index (χ0) is 18.8. The van der Waals surface area contributed by atoms with Crippen LogP contribution in [0, 0.1) is 6.92 Å². The van der Waals surface area contributed by atoms with E-state index in [4.69, 9.17) is 14.1 Å². The minimum atomic E-state index is -0.103. The van der Waals surface area contributed by atoms with Crippen molar-refractivity contribution in [2.75, 3.05) is 18.1 Å². The molecule has 3 aromatic rings. The Hall–Kier alpha value is -1.96. The number of aryl methyl sites for hydroxylation is 1. The van der Waals surface area contributed by atoms with Crippen LogP contribution in [0.3, 0.4) is 0 Å². The van der Waals surface area contributed by atoms with Crippen molar-refractivity contribution in [3.05, 3.63) is 57.8 Å². The first-order valence-corrected chi connectivity index (χ1v) is 10.5. The molecule has 0 saturated carbocycles. The van der Waals surface area contributed by atoms with Gasteiger partial charge in [0, 0.05) is 22.0 Å². The van der Waals surface area contributed by atoms with Crippen molar-refractivity contribution in [1.29, 1.82) is 0 Å². The van der Waals surface area contributed by atoms with Crippen LogP contribution in [0.2, 0.25) is 0 Å². The molecule has 1 aliphatic heterocycles. The molecule has 1 amide bonds. The topological polar surface area (TPSA) is 55.6 Å². The van der Waals surface area contributed by atoms with Gasteiger partial charge in [0.05, 0.1) is 30.2 Å². The Balaban J connectivity index is 1.64. The third kappa shape index (κ3) is 4.00. The third-order valence-corrected chi connectivity index (χ3v) is 6.00. The second-order valence-electron chi connectivity index (χ2n) is 6.46. The minimum absolute atomic E-state index is 0.0428. The van der Waals surface area contributed by atoms with Crippen LogP contribution < -0.4 is 4.90 Å². The number of halogens is 1. The molecule has 1 fully saturated rings. The maximum Gasteiger partial charge on any atom is 0.263 e. The standard InChI is InChI=1S/C20H19BrN2O3S/c1-13-17(8-10-25-13)19(24)23(11-16-3-2-9-26-16)20-22-18(12-27-20)14-4-6-15(21)7-5-14/h4-8,10,12,16H,2-3,9,11H2,1H3. The molecule has 0 aliphatic carbocycles. The molecule has 5 nitrogen and oxygen atoms in total. The monoisotopic (exact) mass is 446 g/mol. The van der Waals surface area contributed by atoms with Crippen LogP contribution in [-0.4, -0.2) is 30.1 Å². The first kappa shape index (κ1) is 18.4. The summed E-state index contributed by atoms with van der Waals surface area (Å²) in [5, 5.41) is 2.66. The van der Waals surface area contributed by atoms with Crippen LogP contribution in [0.15, 0.2) is 50.9 Å². The van der Waals surface area contributed by atoms with Crippen LogP contribution in [0.4, 0.5) is 5.13 Å². The fourth-order valence-electron chi connectivity index (χ4n) is 3.13. The zero-order valence-electron chi connectivity index (χ0n) is 14.9. The average Bonchev–Trinajstić information content (AvgIpc) is 3.41. The number of amides is 1. The molecule has 0 spiro atoms. The van der Waals surface area contributed by atoms with Gasteiger partial charge in [0.25, 0.3) is 5.91 Å². The molecule has 0 radical (unpaired) electrons. The van der Waals surface area contributed by atoms with E-state index in [0.29, 0.717) is 23.0 Å². The molecule has 4 rings (SSSR count). The molecule has 2 aromatic heterocycles. The number of carbonyl (C=O) groups excluding carboxylic acids is 1. The Morgan fingerprint density at radius 3 is 2.81 bits per heavy atom. The number of benzene rings is 1. The van der Waals surface area contributed by atoms with E-state index in [1.54, 1.807) is 24.2 Å². The summed E-state index contributed by atoms with van der Waals surface area (Å²) in [6.07, 6.45) is 3.57. The van der Waals surface area contributed by atoms with Crippen molar-refractivity contribution in [1.82, 2.24) is 4.98 Å². The molecule has 27 heavy (non-hydrogen) atoms. The van der Waals surface area contributed by atoms with Crippen LogP contribution in [0.1, 0.15) is 29.0 Å². The van der Waals surface area contributed by atoms with E-state index in [9.17, 15) is 4.79 Å². The molecule has 1 aromatic carbocycles.